The predicted molar refractivity (Wildman–Crippen MR) is 131 cm³/mol. The SMILES string of the molecule is COc1nc(C(F)(F)F)cc(C(C)C)c1C(=O)NCC1CC(CC2CC2)CCC1S(=O)(=O)CC1CC1. The molecule has 0 saturated heterocycles. The van der Waals surface area contributed by atoms with Crippen molar-refractivity contribution in [2.75, 3.05) is 19.4 Å². The Bertz CT molecular complexity index is 1070. The highest BCUT2D eigenvalue weighted by Crippen LogP contribution is 2.44. The van der Waals surface area contributed by atoms with Gasteiger partial charge in [-0.3, -0.25) is 4.79 Å². The molecule has 1 aromatic heterocycles. The number of rotatable bonds is 10. The molecular weight excluding hydrogens is 493 g/mol. The number of hydrogen-bond donors (Lipinski definition) is 1. The number of nitrogens with one attached hydrogen (secondary N) is 1. The Kier molecular flexibility index (Phi) is 7.93. The average Bonchev–Trinajstić information content (AvgIpc) is 3.73. The largest absolute Gasteiger partial charge is 0.480 e. The van der Waals surface area contributed by atoms with E-state index in [1.54, 1.807) is 13.8 Å². The second-order valence-electron chi connectivity index (χ2n) is 11.3. The molecule has 3 atom stereocenters. The number of alkyl halides is 3. The highest BCUT2D eigenvalue weighted by atomic mass is 32.2. The molecule has 1 amide bonds. The Morgan fingerprint density at radius 2 is 1.75 bits per heavy atom. The molecule has 4 rings (SSSR count). The van der Waals surface area contributed by atoms with Crippen LogP contribution in [-0.2, 0) is 16.0 Å². The second-order valence-corrected chi connectivity index (χ2v) is 13.5. The van der Waals surface area contributed by atoms with Gasteiger partial charge in [0.25, 0.3) is 5.91 Å². The van der Waals surface area contributed by atoms with Crippen molar-refractivity contribution >= 4 is 15.7 Å². The fraction of sp³-hybridized carbons (Fsp3) is 0.769. The number of nitrogens with zero attached hydrogens (tertiary/aromatic N) is 1. The Hall–Kier alpha value is -1.84. The molecule has 1 heterocycles. The zero-order valence-electron chi connectivity index (χ0n) is 21.2. The van der Waals surface area contributed by atoms with Crippen LogP contribution in [0.15, 0.2) is 6.07 Å². The summed E-state index contributed by atoms with van der Waals surface area (Å²) in [6.07, 6.45) is 3.05. The Balaban J connectivity index is 1.55. The first-order valence-corrected chi connectivity index (χ1v) is 14.8. The van der Waals surface area contributed by atoms with Gasteiger partial charge in [0, 0.05) is 6.54 Å². The van der Waals surface area contributed by atoms with Gasteiger partial charge >= 0.3 is 6.18 Å². The summed E-state index contributed by atoms with van der Waals surface area (Å²) in [7, 11) is -2.10. The third-order valence-corrected chi connectivity index (χ3v) is 10.4. The summed E-state index contributed by atoms with van der Waals surface area (Å²) in [5.41, 5.74) is -0.941. The van der Waals surface area contributed by atoms with Crippen molar-refractivity contribution in [2.45, 2.75) is 82.6 Å². The van der Waals surface area contributed by atoms with E-state index in [0.717, 1.165) is 44.1 Å². The van der Waals surface area contributed by atoms with Crippen LogP contribution in [0.4, 0.5) is 13.2 Å². The maximum atomic E-state index is 13.4. The molecule has 1 aromatic rings. The average molecular weight is 531 g/mol. The van der Waals surface area contributed by atoms with Crippen molar-refractivity contribution < 1.29 is 31.1 Å². The number of carbonyl (C=O) groups excluding carboxylic acids is 1. The highest BCUT2D eigenvalue weighted by molar-refractivity contribution is 7.92. The third kappa shape index (κ3) is 6.53. The van der Waals surface area contributed by atoms with Gasteiger partial charge in [0.1, 0.15) is 11.3 Å². The number of ether oxygens (including phenoxy) is 1. The summed E-state index contributed by atoms with van der Waals surface area (Å²) < 4.78 is 71.7. The fourth-order valence-corrected chi connectivity index (χ4v) is 8.15. The molecular formula is C26H37F3N2O4S. The van der Waals surface area contributed by atoms with Gasteiger partial charge in [-0.2, -0.15) is 13.2 Å². The van der Waals surface area contributed by atoms with E-state index >= 15 is 0 Å². The molecule has 0 radical (unpaired) electrons. The minimum atomic E-state index is -4.67. The third-order valence-electron chi connectivity index (χ3n) is 7.89. The zero-order valence-corrected chi connectivity index (χ0v) is 22.1. The molecule has 1 N–H and O–H groups in total. The van der Waals surface area contributed by atoms with Gasteiger partial charge in [0.15, 0.2) is 9.84 Å². The van der Waals surface area contributed by atoms with Crippen molar-refractivity contribution in [3.05, 3.63) is 22.9 Å². The normalized spacial score (nSPS) is 25.1. The van der Waals surface area contributed by atoms with Crippen LogP contribution in [-0.4, -0.2) is 44.0 Å². The molecule has 36 heavy (non-hydrogen) atoms. The summed E-state index contributed by atoms with van der Waals surface area (Å²) in [4.78, 5) is 16.9. The number of pyridine rings is 1. The number of aromatic nitrogens is 1. The summed E-state index contributed by atoms with van der Waals surface area (Å²) in [6, 6.07) is 0.900. The second kappa shape index (κ2) is 10.5. The number of methoxy groups -OCH3 is 1. The molecule has 3 fully saturated rings. The van der Waals surface area contributed by atoms with Gasteiger partial charge in [-0.1, -0.05) is 26.7 Å². The standard InChI is InChI=1S/C26H37F3N2O4S/c1-15(2)20-12-22(26(27,28)29)31-25(35-3)23(20)24(32)30-13-19-11-18(10-16-4-5-16)8-9-21(19)36(33,34)14-17-6-7-17/h12,15-19,21H,4-11,13-14H2,1-3H3,(H,30,32). The number of amides is 1. The molecule has 3 saturated carbocycles. The lowest BCUT2D eigenvalue weighted by molar-refractivity contribution is -0.141. The minimum Gasteiger partial charge on any atom is -0.480 e. The van der Waals surface area contributed by atoms with E-state index in [-0.39, 0.29) is 47.1 Å². The van der Waals surface area contributed by atoms with E-state index in [4.69, 9.17) is 4.74 Å². The quantitative estimate of drug-likeness (QED) is 0.440. The Labute approximate surface area is 211 Å². The van der Waals surface area contributed by atoms with Crippen LogP contribution < -0.4 is 10.1 Å². The molecule has 3 aliphatic carbocycles. The number of sulfone groups is 1. The topological polar surface area (TPSA) is 85.4 Å². The van der Waals surface area contributed by atoms with E-state index in [9.17, 15) is 26.4 Å². The van der Waals surface area contributed by atoms with Crippen LogP contribution in [0.2, 0.25) is 0 Å². The first-order chi connectivity index (χ1) is 16.9. The van der Waals surface area contributed by atoms with Crippen LogP contribution in [0.1, 0.15) is 92.7 Å². The maximum Gasteiger partial charge on any atom is 0.433 e. The van der Waals surface area contributed by atoms with E-state index in [1.807, 2.05) is 0 Å². The summed E-state index contributed by atoms with van der Waals surface area (Å²) in [6.45, 7) is 3.57. The molecule has 10 heteroatoms. The molecule has 202 valence electrons. The maximum absolute atomic E-state index is 13.4. The van der Waals surface area contributed by atoms with Crippen LogP contribution in [0.3, 0.4) is 0 Å². The van der Waals surface area contributed by atoms with E-state index in [2.05, 4.69) is 10.3 Å². The number of halogens is 3. The molecule has 3 unspecified atom stereocenters. The highest BCUT2D eigenvalue weighted by Gasteiger charge is 2.42. The molecule has 0 aromatic carbocycles. The Morgan fingerprint density at radius 1 is 1.11 bits per heavy atom. The lowest BCUT2D eigenvalue weighted by atomic mass is 9.78. The van der Waals surface area contributed by atoms with Crippen LogP contribution >= 0.6 is 0 Å². The lowest BCUT2D eigenvalue weighted by Gasteiger charge is -2.36. The summed E-state index contributed by atoms with van der Waals surface area (Å²) in [5, 5.41) is 2.36. The minimum absolute atomic E-state index is 0.0248. The summed E-state index contributed by atoms with van der Waals surface area (Å²) in [5.74, 6) is 0.0910. The van der Waals surface area contributed by atoms with Crippen molar-refractivity contribution in [2.24, 2.45) is 23.7 Å². The van der Waals surface area contributed by atoms with Crippen molar-refractivity contribution in [3.63, 3.8) is 0 Å². The van der Waals surface area contributed by atoms with E-state index in [1.165, 1.54) is 20.0 Å². The number of carbonyl (C=O) groups is 1. The van der Waals surface area contributed by atoms with Gasteiger partial charge < -0.3 is 10.1 Å². The first-order valence-electron chi connectivity index (χ1n) is 13.0. The van der Waals surface area contributed by atoms with Crippen molar-refractivity contribution in [3.8, 4) is 5.88 Å². The monoisotopic (exact) mass is 530 g/mol. The van der Waals surface area contributed by atoms with Crippen molar-refractivity contribution in [1.82, 2.24) is 10.3 Å². The fourth-order valence-electron chi connectivity index (χ4n) is 5.63. The zero-order chi connectivity index (χ0) is 26.3. The molecule has 6 nitrogen and oxygen atoms in total. The molecule has 0 spiro atoms. The van der Waals surface area contributed by atoms with Crippen molar-refractivity contribution in [1.29, 1.82) is 0 Å². The number of hydrogen-bond acceptors (Lipinski definition) is 5. The smallest absolute Gasteiger partial charge is 0.433 e. The first kappa shape index (κ1) is 27.2. The van der Waals surface area contributed by atoms with Crippen LogP contribution in [0.5, 0.6) is 5.88 Å². The van der Waals surface area contributed by atoms with Crippen LogP contribution in [0, 0.1) is 23.7 Å². The molecule has 0 aliphatic heterocycles. The predicted octanol–water partition coefficient (Wildman–Crippen LogP) is 5.37. The van der Waals surface area contributed by atoms with Gasteiger partial charge in [0.05, 0.1) is 18.1 Å². The van der Waals surface area contributed by atoms with Crippen LogP contribution in [0.25, 0.3) is 0 Å². The Morgan fingerprint density at radius 3 is 2.31 bits per heavy atom. The van der Waals surface area contributed by atoms with E-state index in [0.29, 0.717) is 12.3 Å². The summed E-state index contributed by atoms with van der Waals surface area (Å²) >= 11 is 0. The van der Waals surface area contributed by atoms with E-state index < -0.39 is 32.9 Å². The lowest BCUT2D eigenvalue weighted by Crippen LogP contribution is -2.43. The van der Waals surface area contributed by atoms with Gasteiger partial charge in [-0.25, -0.2) is 13.4 Å². The molecule has 3 aliphatic rings. The van der Waals surface area contributed by atoms with Gasteiger partial charge in [0.2, 0.25) is 5.88 Å². The molecule has 0 bridgehead atoms. The van der Waals surface area contributed by atoms with Gasteiger partial charge in [-0.05, 0) is 79.7 Å². The van der Waals surface area contributed by atoms with Gasteiger partial charge in [-0.15, -0.1) is 0 Å².